The molecule has 98 valence electrons. The van der Waals surface area contributed by atoms with Crippen LogP contribution in [0.25, 0.3) is 0 Å². The third-order valence-electron chi connectivity index (χ3n) is 3.45. The van der Waals surface area contributed by atoms with E-state index in [9.17, 15) is 9.59 Å². The molecule has 4 nitrogen and oxygen atoms in total. The van der Waals surface area contributed by atoms with Crippen molar-refractivity contribution in [3.05, 3.63) is 16.6 Å². The molecule has 1 aromatic rings. The monoisotopic (exact) mass is 267 g/mol. The summed E-state index contributed by atoms with van der Waals surface area (Å²) in [5.41, 5.74) is -0.641. The molecular formula is C13H17NO3S. The minimum Gasteiger partial charge on any atom is -0.458 e. The number of nitrogens with zero attached hydrogens (tertiary/aromatic N) is 1. The molecule has 0 aromatic carbocycles. The van der Waals surface area contributed by atoms with Gasteiger partial charge in [0.2, 0.25) is 0 Å². The van der Waals surface area contributed by atoms with Gasteiger partial charge in [0.15, 0.2) is 0 Å². The van der Waals surface area contributed by atoms with E-state index in [2.05, 4.69) is 4.98 Å². The summed E-state index contributed by atoms with van der Waals surface area (Å²) >= 11 is 1.59. The molecule has 1 aliphatic rings. The number of aromatic nitrogens is 1. The van der Waals surface area contributed by atoms with Gasteiger partial charge >= 0.3 is 5.97 Å². The predicted molar refractivity (Wildman–Crippen MR) is 68.3 cm³/mol. The zero-order valence-electron chi connectivity index (χ0n) is 10.6. The number of carbonyl (C=O) groups excluding carboxylic acids is 2. The Bertz CT molecular complexity index is 423. The number of cyclic esters (lactones) is 1. The van der Waals surface area contributed by atoms with E-state index in [0.29, 0.717) is 12.8 Å². The summed E-state index contributed by atoms with van der Waals surface area (Å²) in [4.78, 5) is 27.4. The molecule has 0 spiro atoms. The van der Waals surface area contributed by atoms with Crippen molar-refractivity contribution in [1.82, 2.24) is 4.98 Å². The van der Waals surface area contributed by atoms with Crippen LogP contribution in [0.5, 0.6) is 0 Å². The van der Waals surface area contributed by atoms with Gasteiger partial charge in [-0.05, 0) is 12.3 Å². The Hall–Kier alpha value is -1.23. The molecule has 2 heterocycles. The molecule has 2 rings (SSSR count). The van der Waals surface area contributed by atoms with Gasteiger partial charge < -0.3 is 4.74 Å². The van der Waals surface area contributed by atoms with Gasteiger partial charge in [-0.25, -0.2) is 4.98 Å². The van der Waals surface area contributed by atoms with Gasteiger partial charge in [-0.2, -0.15) is 0 Å². The number of Topliss-reactive ketones (excluding diaryl/α,β-unsaturated/α-hetero) is 1. The standard InChI is InChI=1S/C13H17NO3S/c1-9(2)13(4-3-11-14-5-6-18-11)8-10(15)7-12(16)17-13/h5-6,9H,3-4,7-8H2,1-2H3. The number of aryl methyl sites for hydroxylation is 1. The van der Waals surface area contributed by atoms with Crippen LogP contribution in [0.3, 0.4) is 0 Å². The lowest BCUT2D eigenvalue weighted by Gasteiger charge is -2.39. The van der Waals surface area contributed by atoms with E-state index in [1.165, 1.54) is 0 Å². The Balaban J connectivity index is 2.11. The van der Waals surface area contributed by atoms with Crippen molar-refractivity contribution in [2.24, 2.45) is 5.92 Å². The molecule has 1 aromatic heterocycles. The second-order valence-electron chi connectivity index (χ2n) is 5.01. The Morgan fingerprint density at radius 2 is 2.28 bits per heavy atom. The summed E-state index contributed by atoms with van der Waals surface area (Å²) < 4.78 is 5.52. The van der Waals surface area contributed by atoms with Gasteiger partial charge in [-0.15, -0.1) is 11.3 Å². The lowest BCUT2D eigenvalue weighted by Crippen LogP contribution is -2.47. The second kappa shape index (κ2) is 5.18. The maximum absolute atomic E-state index is 11.6. The van der Waals surface area contributed by atoms with E-state index < -0.39 is 5.60 Å². The average molecular weight is 267 g/mol. The number of hydrogen-bond donors (Lipinski definition) is 0. The van der Waals surface area contributed by atoms with Crippen molar-refractivity contribution in [3.63, 3.8) is 0 Å². The Morgan fingerprint density at radius 1 is 1.50 bits per heavy atom. The maximum Gasteiger partial charge on any atom is 0.313 e. The highest BCUT2D eigenvalue weighted by Crippen LogP contribution is 2.35. The Morgan fingerprint density at radius 3 is 2.83 bits per heavy atom. The highest BCUT2D eigenvalue weighted by molar-refractivity contribution is 7.09. The molecule has 1 fully saturated rings. The summed E-state index contributed by atoms with van der Waals surface area (Å²) in [5.74, 6) is -0.274. The van der Waals surface area contributed by atoms with Crippen LogP contribution < -0.4 is 0 Å². The summed E-state index contributed by atoms with van der Waals surface area (Å²) in [7, 11) is 0. The number of ketones is 1. The average Bonchev–Trinajstić information content (AvgIpc) is 2.77. The SMILES string of the molecule is CC(C)C1(CCc2nccs2)CC(=O)CC(=O)O1. The van der Waals surface area contributed by atoms with Gasteiger partial charge in [0.25, 0.3) is 0 Å². The fourth-order valence-corrected chi connectivity index (χ4v) is 2.92. The van der Waals surface area contributed by atoms with E-state index >= 15 is 0 Å². The van der Waals surface area contributed by atoms with Gasteiger partial charge in [-0.1, -0.05) is 13.8 Å². The van der Waals surface area contributed by atoms with Crippen molar-refractivity contribution >= 4 is 23.1 Å². The third kappa shape index (κ3) is 2.77. The molecule has 0 amide bonds. The quantitative estimate of drug-likeness (QED) is 0.621. The van der Waals surface area contributed by atoms with Gasteiger partial charge in [-0.3, -0.25) is 9.59 Å². The first-order chi connectivity index (χ1) is 8.52. The first-order valence-corrected chi connectivity index (χ1v) is 7.02. The minimum atomic E-state index is -0.641. The fourth-order valence-electron chi connectivity index (χ4n) is 2.30. The molecule has 0 radical (unpaired) electrons. The predicted octanol–water partition coefficient (Wildman–Crippen LogP) is 2.38. The van der Waals surface area contributed by atoms with Crippen molar-refractivity contribution in [3.8, 4) is 0 Å². The van der Waals surface area contributed by atoms with Crippen LogP contribution in [-0.2, 0) is 20.7 Å². The first kappa shape index (κ1) is 13.2. The Labute approximate surface area is 110 Å². The number of hydrogen-bond acceptors (Lipinski definition) is 5. The number of thiazole rings is 1. The second-order valence-corrected chi connectivity index (χ2v) is 5.99. The van der Waals surface area contributed by atoms with Crippen molar-refractivity contribution < 1.29 is 14.3 Å². The summed E-state index contributed by atoms with van der Waals surface area (Å²) in [6.07, 6.45) is 3.43. The highest BCUT2D eigenvalue weighted by Gasteiger charge is 2.43. The molecule has 0 saturated carbocycles. The van der Waals surface area contributed by atoms with Gasteiger partial charge in [0.1, 0.15) is 17.8 Å². The largest absolute Gasteiger partial charge is 0.458 e. The molecule has 0 aliphatic carbocycles. The molecule has 1 atom stereocenters. The molecule has 18 heavy (non-hydrogen) atoms. The first-order valence-electron chi connectivity index (χ1n) is 6.14. The molecule has 1 saturated heterocycles. The summed E-state index contributed by atoms with van der Waals surface area (Å²) in [6.45, 7) is 3.99. The molecule has 1 unspecified atom stereocenters. The normalized spacial score (nSPS) is 24.4. The maximum atomic E-state index is 11.6. The minimum absolute atomic E-state index is 0.0147. The Kier molecular flexibility index (Phi) is 3.80. The van der Waals surface area contributed by atoms with E-state index in [1.807, 2.05) is 19.2 Å². The van der Waals surface area contributed by atoms with Crippen LogP contribution in [0.4, 0.5) is 0 Å². The van der Waals surface area contributed by atoms with Crippen LogP contribution in [0, 0.1) is 5.92 Å². The molecular weight excluding hydrogens is 250 g/mol. The summed E-state index contributed by atoms with van der Waals surface area (Å²) in [6, 6.07) is 0. The van der Waals surface area contributed by atoms with Crippen molar-refractivity contribution in [1.29, 1.82) is 0 Å². The van der Waals surface area contributed by atoms with Crippen LogP contribution in [0.1, 0.15) is 38.1 Å². The van der Waals surface area contributed by atoms with Crippen LogP contribution >= 0.6 is 11.3 Å². The lowest BCUT2D eigenvalue weighted by atomic mass is 9.79. The molecule has 5 heteroatoms. The molecule has 0 bridgehead atoms. The lowest BCUT2D eigenvalue weighted by molar-refractivity contribution is -0.177. The fraction of sp³-hybridized carbons (Fsp3) is 0.615. The van der Waals surface area contributed by atoms with Gasteiger partial charge in [0.05, 0.1) is 5.01 Å². The number of ether oxygens (including phenoxy) is 1. The summed E-state index contributed by atoms with van der Waals surface area (Å²) in [5, 5.41) is 2.94. The van der Waals surface area contributed by atoms with E-state index in [1.54, 1.807) is 17.5 Å². The zero-order valence-corrected chi connectivity index (χ0v) is 11.5. The van der Waals surface area contributed by atoms with Gasteiger partial charge in [0, 0.05) is 24.4 Å². The highest BCUT2D eigenvalue weighted by atomic mass is 32.1. The zero-order chi connectivity index (χ0) is 13.2. The number of esters is 1. The number of carbonyl (C=O) groups is 2. The third-order valence-corrected chi connectivity index (χ3v) is 4.29. The number of rotatable bonds is 4. The van der Waals surface area contributed by atoms with E-state index in [0.717, 1.165) is 11.4 Å². The van der Waals surface area contributed by atoms with Crippen LogP contribution in [0.15, 0.2) is 11.6 Å². The molecule has 0 N–H and O–H groups in total. The van der Waals surface area contributed by atoms with Crippen LogP contribution in [-0.4, -0.2) is 22.3 Å². The topological polar surface area (TPSA) is 56.3 Å². The molecule has 1 aliphatic heterocycles. The van der Waals surface area contributed by atoms with E-state index in [4.69, 9.17) is 4.74 Å². The van der Waals surface area contributed by atoms with Crippen molar-refractivity contribution in [2.45, 2.75) is 45.1 Å². The van der Waals surface area contributed by atoms with E-state index in [-0.39, 0.29) is 24.1 Å². The smallest absolute Gasteiger partial charge is 0.313 e. The van der Waals surface area contributed by atoms with Crippen LogP contribution in [0.2, 0.25) is 0 Å². The van der Waals surface area contributed by atoms with Crippen molar-refractivity contribution in [2.75, 3.05) is 0 Å².